The Morgan fingerprint density at radius 1 is 1.44 bits per heavy atom. The first-order valence-corrected chi connectivity index (χ1v) is 9.65. The minimum atomic E-state index is -3.43. The van der Waals surface area contributed by atoms with E-state index in [0.29, 0.717) is 0 Å². The molecule has 7 heteroatoms. The molecule has 0 aromatic heterocycles. The Balaban J connectivity index is 2.41. The van der Waals surface area contributed by atoms with Gasteiger partial charge >= 0.3 is 12.0 Å². The Morgan fingerprint density at radius 3 is 2.56 bits per heavy atom. The van der Waals surface area contributed by atoms with Crippen LogP contribution >= 0.6 is 0 Å². The van der Waals surface area contributed by atoms with E-state index in [-0.39, 0.29) is 19.6 Å². The Hall–Kier alpha value is -0.983. The molecule has 0 aromatic carbocycles. The molecule has 1 aliphatic rings. The summed E-state index contributed by atoms with van der Waals surface area (Å²) in [4.78, 5) is 23.4. The maximum atomic E-state index is 13.1. The zero-order valence-corrected chi connectivity index (χ0v) is 12.0. The van der Waals surface area contributed by atoms with Crippen LogP contribution in [0, 0.1) is 0 Å². The zero-order valence-electron chi connectivity index (χ0n) is 11.0. The van der Waals surface area contributed by atoms with Crippen molar-refractivity contribution in [3.63, 3.8) is 0 Å². The molecular weight excluding hydrogens is 260 g/mol. The van der Waals surface area contributed by atoms with Crippen LogP contribution in [-0.2, 0) is 9.53 Å². The molecule has 4 nitrogen and oxygen atoms in total. The van der Waals surface area contributed by atoms with Crippen molar-refractivity contribution in [3.8, 4) is 0 Å². The molecule has 0 aliphatic carbocycles. The number of hydrogen-bond acceptors (Lipinski definition) is 3. The Bertz CT molecular complexity index is 342. The van der Waals surface area contributed by atoms with Crippen LogP contribution in [0.5, 0.6) is 0 Å². The van der Waals surface area contributed by atoms with Crippen LogP contribution in [0.4, 0.5) is 13.6 Å². The summed E-state index contributed by atoms with van der Waals surface area (Å²) < 4.78 is 31.2. The van der Waals surface area contributed by atoms with E-state index in [2.05, 4.69) is 19.6 Å². The summed E-state index contributed by atoms with van der Waals surface area (Å²) in [5.41, 5.74) is 0. The van der Waals surface area contributed by atoms with Crippen LogP contribution in [0.1, 0.15) is 6.42 Å². The lowest BCUT2D eigenvalue weighted by atomic mass is 10.1. The predicted molar refractivity (Wildman–Crippen MR) is 65.6 cm³/mol. The highest BCUT2D eigenvalue weighted by Crippen LogP contribution is 2.23. The van der Waals surface area contributed by atoms with E-state index in [9.17, 15) is 18.4 Å². The van der Waals surface area contributed by atoms with Crippen molar-refractivity contribution in [2.75, 3.05) is 19.7 Å². The average Bonchev–Trinajstić information content (AvgIpc) is 2.20. The molecule has 1 fully saturated rings. The standard InChI is InChI=1S/C11H19F2NO3Si/c1-18(2,3)7-6-17-10(16)14-5-4-9(15)11(12,13)8-14/h4-8H2,1-3H3. The number of amides is 1. The van der Waals surface area contributed by atoms with Crippen LogP contribution in [0.2, 0.25) is 25.7 Å². The number of Topliss-reactive ketones (excluding diaryl/α,β-unsaturated/α-hetero) is 1. The number of piperidine rings is 1. The molecule has 1 heterocycles. The highest BCUT2D eigenvalue weighted by Gasteiger charge is 2.45. The number of hydrogen-bond donors (Lipinski definition) is 0. The summed E-state index contributed by atoms with van der Waals surface area (Å²) in [6.07, 6.45) is -1.06. The smallest absolute Gasteiger partial charge is 0.409 e. The van der Waals surface area contributed by atoms with E-state index in [1.165, 1.54) is 0 Å². The van der Waals surface area contributed by atoms with Gasteiger partial charge in [0.1, 0.15) is 0 Å². The molecule has 0 aromatic rings. The molecule has 0 bridgehead atoms. The number of halogens is 2. The van der Waals surface area contributed by atoms with Gasteiger partial charge in [-0.3, -0.25) is 4.79 Å². The summed E-state index contributed by atoms with van der Waals surface area (Å²) in [5, 5.41) is 0. The fourth-order valence-electron chi connectivity index (χ4n) is 1.52. The molecule has 18 heavy (non-hydrogen) atoms. The van der Waals surface area contributed by atoms with Gasteiger partial charge in [-0.05, 0) is 6.04 Å². The minimum absolute atomic E-state index is 0.0141. The Kier molecular flexibility index (Phi) is 4.47. The summed E-state index contributed by atoms with van der Waals surface area (Å²) in [7, 11) is -1.31. The topological polar surface area (TPSA) is 46.6 Å². The van der Waals surface area contributed by atoms with Crippen LogP contribution < -0.4 is 0 Å². The van der Waals surface area contributed by atoms with E-state index in [0.717, 1.165) is 10.9 Å². The van der Waals surface area contributed by atoms with E-state index in [4.69, 9.17) is 4.74 Å². The normalized spacial score (nSPS) is 19.8. The molecule has 0 N–H and O–H groups in total. The number of carbonyl (C=O) groups excluding carboxylic acids is 2. The number of alkyl halides is 2. The van der Waals surface area contributed by atoms with Gasteiger partial charge in [-0.1, -0.05) is 19.6 Å². The molecule has 0 saturated carbocycles. The van der Waals surface area contributed by atoms with E-state index < -0.39 is 32.4 Å². The molecule has 1 rings (SSSR count). The summed E-state index contributed by atoms with van der Waals surface area (Å²) in [6, 6.07) is 0.794. The highest BCUT2D eigenvalue weighted by atomic mass is 28.3. The van der Waals surface area contributed by atoms with E-state index >= 15 is 0 Å². The number of ether oxygens (including phenoxy) is 1. The van der Waals surface area contributed by atoms with Gasteiger partial charge in [-0.2, -0.15) is 8.78 Å². The second kappa shape index (κ2) is 5.34. The number of likely N-dealkylation sites (tertiary alicyclic amines) is 1. The number of ketones is 1. The van der Waals surface area contributed by atoms with E-state index in [1.807, 2.05) is 0 Å². The second-order valence-corrected chi connectivity index (χ2v) is 11.3. The van der Waals surface area contributed by atoms with Gasteiger partial charge in [-0.25, -0.2) is 4.79 Å². The third kappa shape index (κ3) is 4.36. The monoisotopic (exact) mass is 279 g/mol. The van der Waals surface area contributed by atoms with Crippen molar-refractivity contribution >= 4 is 20.0 Å². The van der Waals surface area contributed by atoms with Crippen LogP contribution in [-0.4, -0.2) is 50.5 Å². The van der Waals surface area contributed by atoms with Crippen LogP contribution in [0.25, 0.3) is 0 Å². The van der Waals surface area contributed by atoms with Crippen LogP contribution in [0.15, 0.2) is 0 Å². The van der Waals surface area contributed by atoms with Crippen molar-refractivity contribution in [1.29, 1.82) is 0 Å². The van der Waals surface area contributed by atoms with Crippen LogP contribution in [0.3, 0.4) is 0 Å². The zero-order chi connectivity index (χ0) is 14.0. The highest BCUT2D eigenvalue weighted by molar-refractivity contribution is 6.76. The van der Waals surface area contributed by atoms with Crippen molar-refractivity contribution in [1.82, 2.24) is 4.90 Å². The van der Waals surface area contributed by atoms with Gasteiger partial charge in [0.15, 0.2) is 0 Å². The van der Waals surface area contributed by atoms with Crippen molar-refractivity contribution in [2.45, 2.75) is 38.0 Å². The van der Waals surface area contributed by atoms with Gasteiger partial charge < -0.3 is 9.64 Å². The fraction of sp³-hybridized carbons (Fsp3) is 0.818. The van der Waals surface area contributed by atoms with E-state index in [1.54, 1.807) is 0 Å². The summed E-state index contributed by atoms with van der Waals surface area (Å²) >= 11 is 0. The van der Waals surface area contributed by atoms with Crippen molar-refractivity contribution in [2.24, 2.45) is 0 Å². The Morgan fingerprint density at radius 2 is 2.06 bits per heavy atom. The lowest BCUT2D eigenvalue weighted by molar-refractivity contribution is -0.150. The number of nitrogens with zero attached hydrogens (tertiary/aromatic N) is 1. The molecule has 1 saturated heterocycles. The van der Waals surface area contributed by atoms with Gasteiger partial charge in [-0.15, -0.1) is 0 Å². The second-order valence-electron chi connectivity index (χ2n) is 5.72. The van der Waals surface area contributed by atoms with Crippen molar-refractivity contribution < 1.29 is 23.1 Å². The number of carbonyl (C=O) groups is 2. The van der Waals surface area contributed by atoms with Gasteiger partial charge in [0.05, 0.1) is 13.2 Å². The molecule has 0 atom stereocenters. The minimum Gasteiger partial charge on any atom is -0.450 e. The van der Waals surface area contributed by atoms with Crippen molar-refractivity contribution in [3.05, 3.63) is 0 Å². The third-order valence-corrected chi connectivity index (χ3v) is 4.45. The van der Waals surface area contributed by atoms with Gasteiger partial charge in [0.25, 0.3) is 0 Å². The number of rotatable bonds is 3. The summed E-state index contributed by atoms with van der Waals surface area (Å²) in [5.74, 6) is -4.54. The maximum Gasteiger partial charge on any atom is 0.409 e. The quantitative estimate of drug-likeness (QED) is 0.745. The molecular formula is C11H19F2NO3Si. The molecule has 0 spiro atoms. The molecule has 1 aliphatic heterocycles. The summed E-state index contributed by atoms with van der Waals surface area (Å²) in [6.45, 7) is 5.81. The van der Waals surface area contributed by atoms with Gasteiger partial charge in [0, 0.05) is 21.0 Å². The first-order chi connectivity index (χ1) is 8.12. The first-order valence-electron chi connectivity index (χ1n) is 5.95. The first kappa shape index (κ1) is 15.1. The van der Waals surface area contributed by atoms with Gasteiger partial charge in [0.2, 0.25) is 5.78 Å². The SMILES string of the molecule is C[Si](C)(C)CCOC(=O)N1CCC(=O)C(F)(F)C1. The average molecular weight is 279 g/mol. The maximum absolute atomic E-state index is 13.1. The fourth-order valence-corrected chi connectivity index (χ4v) is 2.23. The molecule has 0 radical (unpaired) electrons. The molecule has 0 unspecified atom stereocenters. The predicted octanol–water partition coefficient (Wildman–Crippen LogP) is 2.37. The lowest BCUT2D eigenvalue weighted by Gasteiger charge is -2.30. The largest absolute Gasteiger partial charge is 0.450 e. The Labute approximate surface area is 106 Å². The molecule has 1 amide bonds. The lowest BCUT2D eigenvalue weighted by Crippen LogP contribution is -2.51. The third-order valence-electron chi connectivity index (χ3n) is 2.74. The molecule has 104 valence electrons.